The first-order valence-electron chi connectivity index (χ1n) is 17.3. The molecule has 5 unspecified atom stereocenters. The molecule has 3 aliphatic carbocycles. The maximum atomic E-state index is 13.8. The topological polar surface area (TPSA) is 199 Å². The van der Waals surface area contributed by atoms with Gasteiger partial charge in [-0.1, -0.05) is 33.1 Å². The Morgan fingerprint density at radius 3 is 2.02 bits per heavy atom. The second-order valence-electron chi connectivity index (χ2n) is 14.0. The molecule has 0 aromatic carbocycles. The zero-order valence-electron chi connectivity index (χ0n) is 28.0. The Bertz CT molecular complexity index is 1180. The minimum absolute atomic E-state index is 0.0183. The van der Waals surface area contributed by atoms with E-state index in [0.29, 0.717) is 45.2 Å². The van der Waals surface area contributed by atoms with Gasteiger partial charge >= 0.3 is 0 Å². The van der Waals surface area contributed by atoms with Crippen molar-refractivity contribution < 1.29 is 36.6 Å². The molecule has 3 fully saturated rings. The van der Waals surface area contributed by atoms with Gasteiger partial charge in [-0.15, -0.1) is 4.83 Å². The van der Waals surface area contributed by atoms with Gasteiger partial charge in [0.1, 0.15) is 0 Å². The molecule has 3 rings (SSSR count). The number of nitrogens with one attached hydrogen (secondary N) is 2. The van der Waals surface area contributed by atoms with Gasteiger partial charge < -0.3 is 20.4 Å². The van der Waals surface area contributed by atoms with E-state index in [1.165, 1.54) is 5.01 Å². The molecule has 3 aliphatic rings. The fourth-order valence-electron chi connectivity index (χ4n) is 7.55. The third-order valence-electron chi connectivity index (χ3n) is 10.1. The highest BCUT2D eigenvalue weighted by atomic mass is 32.2. The average molecular weight is 694 g/mol. The number of aliphatic hydroxyl groups is 2. The number of hydrazine groups is 1. The molecule has 0 spiro atoms. The lowest BCUT2D eigenvalue weighted by Gasteiger charge is -2.37. The number of aliphatic hydroxyl groups excluding tert-OH is 2. The number of nitrogens with zero attached hydrogens (tertiary/aromatic N) is 2. The van der Waals surface area contributed by atoms with Crippen molar-refractivity contribution in [3.63, 3.8) is 0 Å². The van der Waals surface area contributed by atoms with Gasteiger partial charge in [0.05, 0.1) is 28.7 Å². The van der Waals surface area contributed by atoms with Crippen molar-refractivity contribution in [1.29, 1.82) is 0 Å². The van der Waals surface area contributed by atoms with Crippen LogP contribution in [0.2, 0.25) is 0 Å². The van der Waals surface area contributed by atoms with E-state index in [-0.39, 0.29) is 43.7 Å². The van der Waals surface area contributed by atoms with Crippen molar-refractivity contribution in [1.82, 2.24) is 20.1 Å². The molecule has 13 nitrogen and oxygen atoms in total. The molecule has 268 valence electrons. The van der Waals surface area contributed by atoms with Crippen molar-refractivity contribution in [2.75, 3.05) is 26.7 Å². The third kappa shape index (κ3) is 11.7. The molecule has 3 saturated carbocycles. The van der Waals surface area contributed by atoms with Crippen LogP contribution in [0.1, 0.15) is 110 Å². The lowest BCUT2D eigenvalue weighted by atomic mass is 9.79. The van der Waals surface area contributed by atoms with Gasteiger partial charge in [0.25, 0.3) is 0 Å². The summed E-state index contributed by atoms with van der Waals surface area (Å²) in [6.07, 6.45) is 7.25. The van der Waals surface area contributed by atoms with Gasteiger partial charge in [0, 0.05) is 38.5 Å². The number of primary sulfonamides is 1. The van der Waals surface area contributed by atoms with Crippen LogP contribution < -0.4 is 15.3 Å². The van der Waals surface area contributed by atoms with Crippen LogP contribution in [0.25, 0.3) is 0 Å². The van der Waals surface area contributed by atoms with E-state index in [4.69, 9.17) is 5.14 Å². The predicted molar refractivity (Wildman–Crippen MR) is 177 cm³/mol. The number of hydrogen-bond donors (Lipinski definition) is 5. The number of rotatable bonds is 16. The lowest BCUT2D eigenvalue weighted by Crippen LogP contribution is -2.54. The molecule has 15 heteroatoms. The molecule has 0 aromatic rings. The lowest BCUT2D eigenvalue weighted by molar-refractivity contribution is -0.138. The number of carbonyl (C=O) groups excluding carboxylic acids is 2. The first-order chi connectivity index (χ1) is 21.6. The molecule has 46 heavy (non-hydrogen) atoms. The number of nitrogens with two attached hydrogens (primary N) is 1. The van der Waals surface area contributed by atoms with E-state index in [9.17, 15) is 36.6 Å². The number of amides is 2. The molecule has 0 aliphatic heterocycles. The Labute approximate surface area is 276 Å². The van der Waals surface area contributed by atoms with E-state index in [2.05, 4.69) is 10.1 Å². The smallest absolute Gasteiger partial charge is 0.227 e. The summed E-state index contributed by atoms with van der Waals surface area (Å²) in [6.45, 7) is 4.94. The molecule has 0 radical (unpaired) electrons. The van der Waals surface area contributed by atoms with E-state index >= 15 is 0 Å². The molecule has 0 saturated heterocycles. The minimum atomic E-state index is -4.02. The molecular formula is C31H59N5O8S2. The summed E-state index contributed by atoms with van der Waals surface area (Å²) in [5, 5.41) is 29.8. The van der Waals surface area contributed by atoms with Crippen molar-refractivity contribution in [3.05, 3.63) is 0 Å². The summed E-state index contributed by atoms with van der Waals surface area (Å²) >= 11 is 0. The zero-order valence-corrected chi connectivity index (χ0v) is 29.6. The molecule has 0 heterocycles. The van der Waals surface area contributed by atoms with Crippen LogP contribution in [-0.4, -0.2) is 104 Å². The highest BCUT2D eigenvalue weighted by Gasteiger charge is 2.42. The highest BCUT2D eigenvalue weighted by Crippen LogP contribution is 2.35. The van der Waals surface area contributed by atoms with E-state index in [0.717, 1.165) is 44.9 Å². The monoisotopic (exact) mass is 693 g/mol. The van der Waals surface area contributed by atoms with Crippen LogP contribution in [0, 0.1) is 17.8 Å². The van der Waals surface area contributed by atoms with Crippen molar-refractivity contribution in [3.8, 4) is 0 Å². The van der Waals surface area contributed by atoms with Gasteiger partial charge in [-0.2, -0.15) is 0 Å². The first-order valence-corrected chi connectivity index (χ1v) is 20.5. The van der Waals surface area contributed by atoms with Crippen LogP contribution in [-0.2, 0) is 29.6 Å². The Morgan fingerprint density at radius 1 is 0.870 bits per heavy atom. The fourth-order valence-corrected chi connectivity index (χ4v) is 10.2. The maximum Gasteiger partial charge on any atom is 0.227 e. The summed E-state index contributed by atoms with van der Waals surface area (Å²) in [5.41, 5.74) is 0. The highest BCUT2D eigenvalue weighted by molar-refractivity contribution is 7.90. The fraction of sp³-hybridized carbons (Fsp3) is 0.935. The summed E-state index contributed by atoms with van der Waals surface area (Å²) < 4.78 is 51.0. The second kappa shape index (κ2) is 17.9. The number of hydrogen-bond acceptors (Lipinski definition) is 9. The molecule has 2 amide bonds. The molecule has 6 N–H and O–H groups in total. The summed E-state index contributed by atoms with van der Waals surface area (Å²) in [7, 11) is -6.11. The molecule has 0 aromatic heterocycles. The van der Waals surface area contributed by atoms with Gasteiger partial charge in [0.2, 0.25) is 31.9 Å². The maximum absolute atomic E-state index is 13.8. The summed E-state index contributed by atoms with van der Waals surface area (Å²) in [5.74, 6) is -1.97. The van der Waals surface area contributed by atoms with Crippen molar-refractivity contribution >= 4 is 31.9 Å². The first kappa shape index (κ1) is 39.1. The van der Waals surface area contributed by atoms with Gasteiger partial charge in [-0.25, -0.2) is 27.0 Å². The van der Waals surface area contributed by atoms with Crippen LogP contribution in [0.4, 0.5) is 0 Å². The average Bonchev–Trinajstić information content (AvgIpc) is 3.00. The molecule has 0 bridgehead atoms. The second-order valence-corrected chi connectivity index (χ2v) is 17.8. The van der Waals surface area contributed by atoms with Gasteiger partial charge in [-0.3, -0.25) is 9.59 Å². The quantitative estimate of drug-likeness (QED) is 0.149. The molecular weight excluding hydrogens is 635 g/mol. The summed E-state index contributed by atoms with van der Waals surface area (Å²) in [6, 6.07) is -0.755. The standard InChI is InChI=1S/C31H59N5O8S2/c1-4-15-36(16-5-2)31(40)24-18-23(19-27(20-24)45(32,41)42)30(39)33-28(17-22-11-13-25(37)14-12-22)29(38)21-35(3)34-46(43,44)26-9-7-6-8-10-26/h22-29,34,37-38H,4-21H2,1-3H3,(H,33,39)(H2,32,41,42). The minimum Gasteiger partial charge on any atom is -0.393 e. The number of carbonyl (C=O) groups is 2. The largest absolute Gasteiger partial charge is 0.393 e. The third-order valence-corrected chi connectivity index (χ3v) is 13.3. The normalized spacial score (nSPS) is 28.0. The van der Waals surface area contributed by atoms with E-state index in [1.807, 2.05) is 13.8 Å². The Hall–Kier alpha value is -1.36. The predicted octanol–water partition coefficient (Wildman–Crippen LogP) is 1.59. The van der Waals surface area contributed by atoms with Gasteiger partial charge in [0.15, 0.2) is 0 Å². The number of sulfonamides is 2. The van der Waals surface area contributed by atoms with E-state index in [1.54, 1.807) is 11.9 Å². The van der Waals surface area contributed by atoms with Crippen LogP contribution in [0.3, 0.4) is 0 Å². The van der Waals surface area contributed by atoms with Crippen LogP contribution in [0.15, 0.2) is 0 Å². The number of likely N-dealkylation sites (N-methyl/N-ethyl adjacent to an activating group) is 1. The Kier molecular flexibility index (Phi) is 15.2. The SMILES string of the molecule is CCCN(CCC)C(=O)C1CC(C(=O)NC(CC2CCC(O)CC2)C(O)CN(C)NS(=O)(=O)C2CCCCC2)CC(S(N)(=O)=O)C1. The molecule has 5 atom stereocenters. The van der Waals surface area contributed by atoms with Crippen LogP contribution in [0.5, 0.6) is 0 Å². The zero-order chi connectivity index (χ0) is 34.1. The van der Waals surface area contributed by atoms with Gasteiger partial charge in [-0.05, 0) is 83.0 Å². The van der Waals surface area contributed by atoms with Crippen molar-refractivity contribution in [2.45, 2.75) is 139 Å². The van der Waals surface area contributed by atoms with Crippen LogP contribution >= 0.6 is 0 Å². The van der Waals surface area contributed by atoms with E-state index < -0.39 is 60.4 Å². The van der Waals surface area contributed by atoms with Crippen molar-refractivity contribution in [2.24, 2.45) is 22.9 Å². The Balaban J connectivity index is 1.76. The summed E-state index contributed by atoms with van der Waals surface area (Å²) in [4.78, 5) is 31.7. The Morgan fingerprint density at radius 2 is 1.46 bits per heavy atom.